The Morgan fingerprint density at radius 2 is 1.03 bits per heavy atom. The molecule has 0 saturated carbocycles. The molecule has 0 fully saturated rings. The molecule has 0 saturated heterocycles. The molecule has 14 nitrogen and oxygen atoms in total. The largest absolute Gasteiger partial charge is 0.450 e. The van der Waals surface area contributed by atoms with Crippen molar-refractivity contribution in [2.24, 2.45) is 0 Å². The van der Waals surface area contributed by atoms with Gasteiger partial charge in [-0.15, -0.1) is 0 Å². The van der Waals surface area contributed by atoms with Crippen molar-refractivity contribution >= 4 is 22.7 Å². The maximum absolute atomic E-state index is 14.5. The molecule has 0 atom stereocenters. The van der Waals surface area contributed by atoms with E-state index in [1.165, 1.54) is 0 Å². The third-order valence-corrected chi connectivity index (χ3v) is 4.05. The summed E-state index contributed by atoms with van der Waals surface area (Å²) >= 11 is 0. The highest BCUT2D eigenvalue weighted by molar-refractivity contribution is 5.56. The molecule has 3 aromatic carbocycles. The standard InChI is InChI=1S/C18H9FN4O10/c19-13-9-12(32-17-4-1-10(20(24)25)7-14(17)22(28)29)3-6-16(13)33-18-5-2-11(21(26)27)8-15(18)23(30)31/h1-9H. The Hall–Kier alpha value is -5.21. The number of rotatable bonds is 8. The number of non-ortho nitro benzene ring substituents is 2. The van der Waals surface area contributed by atoms with Crippen LogP contribution in [0.1, 0.15) is 0 Å². The Labute approximate surface area is 181 Å². The van der Waals surface area contributed by atoms with Crippen LogP contribution >= 0.6 is 0 Å². The van der Waals surface area contributed by atoms with Gasteiger partial charge in [-0.2, -0.15) is 0 Å². The summed E-state index contributed by atoms with van der Waals surface area (Å²) in [7, 11) is 0. The molecular weight excluding hydrogens is 451 g/mol. The van der Waals surface area contributed by atoms with E-state index in [-0.39, 0.29) is 5.75 Å². The number of hydrogen-bond acceptors (Lipinski definition) is 10. The van der Waals surface area contributed by atoms with Crippen LogP contribution in [0.3, 0.4) is 0 Å². The van der Waals surface area contributed by atoms with E-state index >= 15 is 0 Å². The van der Waals surface area contributed by atoms with E-state index < -0.39 is 65.5 Å². The van der Waals surface area contributed by atoms with Crippen LogP contribution in [0.4, 0.5) is 27.1 Å². The monoisotopic (exact) mass is 460 g/mol. The first kappa shape index (κ1) is 22.5. The minimum Gasteiger partial charge on any atom is -0.450 e. The van der Waals surface area contributed by atoms with E-state index in [9.17, 15) is 44.8 Å². The predicted molar refractivity (Wildman–Crippen MR) is 106 cm³/mol. The lowest BCUT2D eigenvalue weighted by molar-refractivity contribution is -0.394. The highest BCUT2D eigenvalue weighted by Gasteiger charge is 2.24. The average molecular weight is 460 g/mol. The summed E-state index contributed by atoms with van der Waals surface area (Å²) in [5, 5.41) is 43.9. The third kappa shape index (κ3) is 4.93. The molecule has 0 amide bonds. The van der Waals surface area contributed by atoms with E-state index in [1.807, 2.05) is 0 Å². The average Bonchev–Trinajstić information content (AvgIpc) is 2.75. The highest BCUT2D eigenvalue weighted by atomic mass is 19.1. The van der Waals surface area contributed by atoms with Gasteiger partial charge in [-0.3, -0.25) is 40.5 Å². The summed E-state index contributed by atoms with van der Waals surface area (Å²) in [6.45, 7) is 0. The van der Waals surface area contributed by atoms with Gasteiger partial charge in [0.15, 0.2) is 11.6 Å². The van der Waals surface area contributed by atoms with Crippen molar-refractivity contribution in [2.75, 3.05) is 0 Å². The smallest absolute Gasteiger partial charge is 0.318 e. The molecule has 168 valence electrons. The molecule has 33 heavy (non-hydrogen) atoms. The Morgan fingerprint density at radius 3 is 1.45 bits per heavy atom. The van der Waals surface area contributed by atoms with Gasteiger partial charge in [0.05, 0.1) is 31.8 Å². The van der Waals surface area contributed by atoms with Crippen molar-refractivity contribution in [1.82, 2.24) is 0 Å². The Bertz CT molecular complexity index is 1310. The first-order chi connectivity index (χ1) is 15.6. The summed E-state index contributed by atoms with van der Waals surface area (Å²) in [4.78, 5) is 40.4. The van der Waals surface area contributed by atoms with Crippen molar-refractivity contribution in [2.45, 2.75) is 0 Å². The zero-order chi connectivity index (χ0) is 24.3. The molecule has 0 aliphatic carbocycles. The summed E-state index contributed by atoms with van der Waals surface area (Å²) in [6.07, 6.45) is 0. The van der Waals surface area contributed by atoms with Gasteiger partial charge in [-0.1, -0.05) is 0 Å². The second kappa shape index (κ2) is 8.88. The van der Waals surface area contributed by atoms with E-state index in [0.717, 1.165) is 42.5 Å². The number of nitro benzene ring substituents is 4. The van der Waals surface area contributed by atoms with Gasteiger partial charge in [0.1, 0.15) is 5.75 Å². The molecule has 0 unspecified atom stereocenters. The molecule has 0 radical (unpaired) electrons. The number of benzene rings is 3. The van der Waals surface area contributed by atoms with E-state index in [0.29, 0.717) is 12.1 Å². The summed E-state index contributed by atoms with van der Waals surface area (Å²) in [6, 6.07) is 8.02. The minimum atomic E-state index is -1.08. The fourth-order valence-electron chi connectivity index (χ4n) is 2.57. The molecule has 0 aromatic heterocycles. The summed E-state index contributed by atoms with van der Waals surface area (Å²) in [5.74, 6) is -2.69. The van der Waals surface area contributed by atoms with Crippen molar-refractivity contribution in [3.05, 3.63) is 101 Å². The molecule has 0 spiro atoms. The Kier molecular flexibility index (Phi) is 6.05. The van der Waals surface area contributed by atoms with Crippen LogP contribution in [0.2, 0.25) is 0 Å². The zero-order valence-electron chi connectivity index (χ0n) is 15.9. The van der Waals surface area contributed by atoms with Crippen LogP contribution in [0.5, 0.6) is 23.0 Å². The first-order valence-corrected chi connectivity index (χ1v) is 8.57. The highest BCUT2D eigenvalue weighted by Crippen LogP contribution is 2.38. The van der Waals surface area contributed by atoms with Crippen LogP contribution < -0.4 is 9.47 Å². The van der Waals surface area contributed by atoms with E-state index in [4.69, 9.17) is 9.47 Å². The van der Waals surface area contributed by atoms with Crippen LogP contribution in [0.25, 0.3) is 0 Å². The van der Waals surface area contributed by atoms with Crippen LogP contribution in [0.15, 0.2) is 54.6 Å². The van der Waals surface area contributed by atoms with Crippen LogP contribution in [-0.2, 0) is 0 Å². The topological polar surface area (TPSA) is 191 Å². The molecule has 15 heteroatoms. The minimum absolute atomic E-state index is 0.241. The maximum atomic E-state index is 14.5. The normalized spacial score (nSPS) is 10.3. The fraction of sp³-hybridized carbons (Fsp3) is 0. The Balaban J connectivity index is 1.89. The Morgan fingerprint density at radius 1 is 0.576 bits per heavy atom. The van der Waals surface area contributed by atoms with Crippen LogP contribution in [-0.4, -0.2) is 19.7 Å². The number of hydrogen-bond donors (Lipinski definition) is 0. The van der Waals surface area contributed by atoms with Gasteiger partial charge in [0.25, 0.3) is 11.4 Å². The number of nitro groups is 4. The molecule has 0 heterocycles. The van der Waals surface area contributed by atoms with Crippen molar-refractivity contribution in [3.8, 4) is 23.0 Å². The summed E-state index contributed by atoms with van der Waals surface area (Å²) in [5.41, 5.74) is -2.62. The fourth-order valence-corrected chi connectivity index (χ4v) is 2.57. The number of ether oxygens (including phenoxy) is 2. The molecule has 0 bridgehead atoms. The van der Waals surface area contributed by atoms with Crippen molar-refractivity contribution in [3.63, 3.8) is 0 Å². The molecule has 0 aliphatic heterocycles. The maximum Gasteiger partial charge on any atom is 0.318 e. The lowest BCUT2D eigenvalue weighted by Crippen LogP contribution is -1.98. The predicted octanol–water partition coefficient (Wildman–Crippen LogP) is 5.04. The quantitative estimate of drug-likeness (QED) is 0.325. The van der Waals surface area contributed by atoms with Gasteiger partial charge in [-0.25, -0.2) is 4.39 Å². The van der Waals surface area contributed by atoms with Crippen molar-refractivity contribution < 1.29 is 33.6 Å². The number of nitrogens with zero attached hydrogens (tertiary/aromatic N) is 4. The van der Waals surface area contributed by atoms with Gasteiger partial charge < -0.3 is 9.47 Å². The van der Waals surface area contributed by atoms with Crippen LogP contribution in [0, 0.1) is 46.3 Å². The first-order valence-electron chi connectivity index (χ1n) is 8.57. The van der Waals surface area contributed by atoms with Gasteiger partial charge in [0.2, 0.25) is 11.5 Å². The second-order valence-electron chi connectivity index (χ2n) is 6.13. The van der Waals surface area contributed by atoms with Gasteiger partial charge in [-0.05, 0) is 24.3 Å². The number of halogens is 1. The lowest BCUT2D eigenvalue weighted by Gasteiger charge is -2.10. The molecule has 0 N–H and O–H groups in total. The molecular formula is C18H9FN4O10. The lowest BCUT2D eigenvalue weighted by atomic mass is 10.2. The van der Waals surface area contributed by atoms with E-state index in [1.54, 1.807) is 0 Å². The molecule has 0 aliphatic rings. The van der Waals surface area contributed by atoms with E-state index in [2.05, 4.69) is 0 Å². The third-order valence-electron chi connectivity index (χ3n) is 4.05. The molecule has 3 aromatic rings. The summed E-state index contributed by atoms with van der Waals surface area (Å²) < 4.78 is 24.9. The molecule has 3 rings (SSSR count). The van der Waals surface area contributed by atoms with Gasteiger partial charge in [0, 0.05) is 18.2 Å². The van der Waals surface area contributed by atoms with Crippen molar-refractivity contribution in [1.29, 1.82) is 0 Å². The van der Waals surface area contributed by atoms with Gasteiger partial charge >= 0.3 is 11.4 Å². The second-order valence-corrected chi connectivity index (χ2v) is 6.13. The zero-order valence-corrected chi connectivity index (χ0v) is 15.9. The SMILES string of the molecule is O=[N+]([O-])c1ccc(Oc2ccc(Oc3ccc([N+](=O)[O-])cc3[N+](=O)[O-])c(F)c2)c([N+](=O)[O-])c1.